The van der Waals surface area contributed by atoms with E-state index in [2.05, 4.69) is 21.2 Å². The van der Waals surface area contributed by atoms with Crippen LogP contribution in [-0.4, -0.2) is 22.7 Å². The van der Waals surface area contributed by atoms with Gasteiger partial charge in [0.2, 0.25) is 5.91 Å². The van der Waals surface area contributed by atoms with E-state index in [9.17, 15) is 9.59 Å². The first-order chi connectivity index (χ1) is 11.1. The number of carbonyl (C=O) groups excluding carboxylic acids is 2. The Hall–Kier alpha value is -2.57. The molecule has 2 aromatic rings. The van der Waals surface area contributed by atoms with Crippen LogP contribution in [0.1, 0.15) is 35.3 Å². The van der Waals surface area contributed by atoms with Crippen LogP contribution in [0.5, 0.6) is 0 Å². The van der Waals surface area contributed by atoms with Crippen LogP contribution in [0.3, 0.4) is 0 Å². The number of carbonyl (C=O) groups is 2. The van der Waals surface area contributed by atoms with Crippen LogP contribution >= 0.6 is 0 Å². The molecule has 23 heavy (non-hydrogen) atoms. The van der Waals surface area contributed by atoms with Gasteiger partial charge in [-0.05, 0) is 43.2 Å². The summed E-state index contributed by atoms with van der Waals surface area (Å²) in [6, 6.07) is 10.5. The lowest BCUT2D eigenvalue weighted by atomic mass is 10.0. The number of rotatable bonds is 4. The standard InChI is InChI=1S/C17H18N4O2/c1-11(22)13-3-2-4-14(9-13)19-17(23)16-10-15(20-21-16)12-5-7-18-8-6-12/h2-9,15-16,20-21H,10H2,1H3,(H,19,23). The highest BCUT2D eigenvalue weighted by Crippen LogP contribution is 2.22. The molecule has 0 aliphatic carbocycles. The lowest BCUT2D eigenvalue weighted by Crippen LogP contribution is -2.39. The molecule has 1 amide bonds. The van der Waals surface area contributed by atoms with Gasteiger partial charge in [-0.15, -0.1) is 0 Å². The number of hydrogen-bond acceptors (Lipinski definition) is 5. The average Bonchev–Trinajstić information content (AvgIpc) is 3.06. The molecule has 6 nitrogen and oxygen atoms in total. The second-order valence-corrected chi connectivity index (χ2v) is 5.54. The van der Waals surface area contributed by atoms with Gasteiger partial charge in [0.25, 0.3) is 0 Å². The van der Waals surface area contributed by atoms with Crippen molar-refractivity contribution in [3.63, 3.8) is 0 Å². The molecule has 118 valence electrons. The van der Waals surface area contributed by atoms with Gasteiger partial charge in [0.05, 0.1) is 0 Å². The summed E-state index contributed by atoms with van der Waals surface area (Å²) < 4.78 is 0. The smallest absolute Gasteiger partial charge is 0.242 e. The summed E-state index contributed by atoms with van der Waals surface area (Å²) in [5.41, 5.74) is 8.43. The minimum absolute atomic E-state index is 0.0282. The predicted molar refractivity (Wildman–Crippen MR) is 86.7 cm³/mol. The molecule has 1 aliphatic rings. The number of amides is 1. The Morgan fingerprint density at radius 1 is 1.17 bits per heavy atom. The van der Waals surface area contributed by atoms with Crippen LogP contribution in [0.4, 0.5) is 5.69 Å². The number of benzene rings is 1. The SMILES string of the molecule is CC(=O)c1cccc(NC(=O)C2CC(c3ccncc3)NN2)c1. The second-order valence-electron chi connectivity index (χ2n) is 5.54. The summed E-state index contributed by atoms with van der Waals surface area (Å²) in [6.07, 6.45) is 4.11. The number of pyridine rings is 1. The van der Waals surface area contributed by atoms with Gasteiger partial charge in [-0.2, -0.15) is 0 Å². The van der Waals surface area contributed by atoms with Crippen LogP contribution in [0.2, 0.25) is 0 Å². The number of hydrazine groups is 1. The number of ketones is 1. The monoisotopic (exact) mass is 310 g/mol. The summed E-state index contributed by atoms with van der Waals surface area (Å²) >= 11 is 0. The van der Waals surface area contributed by atoms with Crippen LogP contribution in [0.15, 0.2) is 48.8 Å². The molecule has 0 spiro atoms. The van der Waals surface area contributed by atoms with Crippen molar-refractivity contribution in [2.24, 2.45) is 0 Å². The van der Waals surface area contributed by atoms with Crippen molar-refractivity contribution < 1.29 is 9.59 Å². The number of anilines is 1. The molecule has 1 aromatic heterocycles. The number of aromatic nitrogens is 1. The van der Waals surface area contributed by atoms with Crippen LogP contribution in [0, 0.1) is 0 Å². The van der Waals surface area contributed by atoms with Crippen molar-refractivity contribution in [3.05, 3.63) is 59.9 Å². The lowest BCUT2D eigenvalue weighted by molar-refractivity contribution is -0.117. The maximum atomic E-state index is 12.4. The van der Waals surface area contributed by atoms with Crippen LogP contribution in [-0.2, 0) is 4.79 Å². The van der Waals surface area contributed by atoms with Gasteiger partial charge < -0.3 is 5.32 Å². The zero-order valence-electron chi connectivity index (χ0n) is 12.7. The van der Waals surface area contributed by atoms with Gasteiger partial charge in [-0.25, -0.2) is 10.9 Å². The summed E-state index contributed by atoms with van der Waals surface area (Å²) in [7, 11) is 0. The number of nitrogens with zero attached hydrogens (tertiary/aromatic N) is 1. The molecule has 3 N–H and O–H groups in total. The summed E-state index contributed by atoms with van der Waals surface area (Å²) in [5, 5.41) is 2.85. The Balaban J connectivity index is 1.63. The van der Waals surface area contributed by atoms with E-state index in [4.69, 9.17) is 0 Å². The van der Waals surface area contributed by atoms with E-state index >= 15 is 0 Å². The maximum absolute atomic E-state index is 12.4. The average molecular weight is 310 g/mol. The molecule has 2 unspecified atom stereocenters. The third-order valence-electron chi connectivity index (χ3n) is 3.86. The predicted octanol–water partition coefficient (Wildman–Crippen LogP) is 1.83. The van der Waals surface area contributed by atoms with Crippen molar-refractivity contribution in [1.82, 2.24) is 15.8 Å². The molecular formula is C17H18N4O2. The summed E-state index contributed by atoms with van der Waals surface area (Å²) in [4.78, 5) is 27.8. The normalized spacial score (nSPS) is 20.2. The fourth-order valence-electron chi connectivity index (χ4n) is 2.59. The van der Waals surface area contributed by atoms with E-state index in [1.165, 1.54) is 6.92 Å². The number of Topliss-reactive ketones (excluding diaryl/α,β-unsaturated/α-hetero) is 1. The zero-order chi connectivity index (χ0) is 16.2. The Morgan fingerprint density at radius 2 is 1.96 bits per heavy atom. The van der Waals surface area contributed by atoms with Gasteiger partial charge in [-0.1, -0.05) is 12.1 Å². The quantitative estimate of drug-likeness (QED) is 0.751. The van der Waals surface area contributed by atoms with Crippen molar-refractivity contribution in [2.75, 3.05) is 5.32 Å². The first-order valence-corrected chi connectivity index (χ1v) is 7.46. The highest BCUT2D eigenvalue weighted by molar-refractivity contribution is 5.98. The molecule has 0 radical (unpaired) electrons. The highest BCUT2D eigenvalue weighted by Gasteiger charge is 2.30. The molecule has 1 saturated heterocycles. The van der Waals surface area contributed by atoms with Crippen molar-refractivity contribution in [1.29, 1.82) is 0 Å². The Bertz CT molecular complexity index is 718. The second kappa shape index (κ2) is 6.68. The molecule has 0 bridgehead atoms. The molecule has 1 fully saturated rings. The summed E-state index contributed by atoms with van der Waals surface area (Å²) in [5.74, 6) is -0.158. The van der Waals surface area contributed by atoms with Gasteiger partial charge in [0.15, 0.2) is 5.78 Å². The van der Waals surface area contributed by atoms with E-state index in [0.717, 1.165) is 5.56 Å². The Morgan fingerprint density at radius 3 is 2.70 bits per heavy atom. The fraction of sp³-hybridized carbons (Fsp3) is 0.235. The molecular weight excluding hydrogens is 292 g/mol. The van der Waals surface area contributed by atoms with E-state index in [1.54, 1.807) is 36.7 Å². The zero-order valence-corrected chi connectivity index (χ0v) is 12.7. The third kappa shape index (κ3) is 3.61. The highest BCUT2D eigenvalue weighted by atomic mass is 16.2. The first-order valence-electron chi connectivity index (χ1n) is 7.46. The lowest BCUT2D eigenvalue weighted by Gasteiger charge is -2.11. The van der Waals surface area contributed by atoms with E-state index < -0.39 is 0 Å². The van der Waals surface area contributed by atoms with Crippen LogP contribution in [0.25, 0.3) is 0 Å². The molecule has 2 heterocycles. The van der Waals surface area contributed by atoms with E-state index in [1.807, 2.05) is 12.1 Å². The minimum atomic E-state index is -0.339. The fourth-order valence-corrected chi connectivity index (χ4v) is 2.59. The van der Waals surface area contributed by atoms with Crippen LogP contribution < -0.4 is 16.2 Å². The largest absolute Gasteiger partial charge is 0.325 e. The van der Waals surface area contributed by atoms with Gasteiger partial charge in [0, 0.05) is 29.7 Å². The molecule has 0 saturated carbocycles. The van der Waals surface area contributed by atoms with Crippen molar-refractivity contribution in [3.8, 4) is 0 Å². The van der Waals surface area contributed by atoms with E-state index in [0.29, 0.717) is 17.7 Å². The molecule has 2 atom stereocenters. The molecule has 1 aromatic carbocycles. The Kier molecular flexibility index (Phi) is 4.45. The number of hydrogen-bond donors (Lipinski definition) is 3. The van der Waals surface area contributed by atoms with Gasteiger partial charge in [0.1, 0.15) is 6.04 Å². The third-order valence-corrected chi connectivity index (χ3v) is 3.86. The first kappa shape index (κ1) is 15.3. The minimum Gasteiger partial charge on any atom is -0.325 e. The summed E-state index contributed by atoms with van der Waals surface area (Å²) in [6.45, 7) is 1.50. The molecule has 1 aliphatic heterocycles. The van der Waals surface area contributed by atoms with E-state index in [-0.39, 0.29) is 23.8 Å². The number of nitrogens with one attached hydrogen (secondary N) is 3. The molecule has 6 heteroatoms. The van der Waals surface area contributed by atoms with Gasteiger partial charge in [-0.3, -0.25) is 14.6 Å². The maximum Gasteiger partial charge on any atom is 0.242 e. The molecule has 3 rings (SSSR count). The Labute approximate surface area is 134 Å². The van der Waals surface area contributed by atoms with Crippen molar-refractivity contribution >= 4 is 17.4 Å². The van der Waals surface area contributed by atoms with Gasteiger partial charge >= 0.3 is 0 Å². The van der Waals surface area contributed by atoms with Crippen molar-refractivity contribution in [2.45, 2.75) is 25.4 Å². The topological polar surface area (TPSA) is 83.1 Å².